The van der Waals surface area contributed by atoms with E-state index in [-0.39, 0.29) is 5.91 Å². The number of benzene rings is 1. The second kappa shape index (κ2) is 8.25. The van der Waals surface area contributed by atoms with Crippen LogP contribution in [-0.2, 0) is 17.9 Å². The average molecular weight is 285 g/mol. The summed E-state index contributed by atoms with van der Waals surface area (Å²) in [5, 5.41) is 7.24. The number of aromatic nitrogens is 2. The van der Waals surface area contributed by atoms with Crippen molar-refractivity contribution < 1.29 is 4.79 Å². The van der Waals surface area contributed by atoms with Gasteiger partial charge in [-0.25, -0.2) is 0 Å². The van der Waals surface area contributed by atoms with E-state index >= 15 is 0 Å². The lowest BCUT2D eigenvalue weighted by atomic mass is 10.1. The quantitative estimate of drug-likeness (QED) is 0.757. The van der Waals surface area contributed by atoms with Crippen LogP contribution in [0, 0.1) is 0 Å². The Bertz CT molecular complexity index is 549. The van der Waals surface area contributed by atoms with Crippen LogP contribution in [0.3, 0.4) is 0 Å². The van der Waals surface area contributed by atoms with E-state index in [0.29, 0.717) is 13.0 Å². The molecule has 1 N–H and O–H groups in total. The molecule has 4 nitrogen and oxygen atoms in total. The van der Waals surface area contributed by atoms with E-state index in [9.17, 15) is 4.79 Å². The molecule has 0 aliphatic rings. The molecule has 0 fully saturated rings. The topological polar surface area (TPSA) is 46.9 Å². The third-order valence-electron chi connectivity index (χ3n) is 3.49. The van der Waals surface area contributed by atoms with Crippen LogP contribution in [0.1, 0.15) is 43.7 Å². The lowest BCUT2D eigenvalue weighted by Crippen LogP contribution is -2.23. The summed E-state index contributed by atoms with van der Waals surface area (Å²) in [5.41, 5.74) is 2.34. The molecule has 0 radical (unpaired) electrons. The highest BCUT2D eigenvalue weighted by Crippen LogP contribution is 2.10. The van der Waals surface area contributed by atoms with Crippen molar-refractivity contribution in [1.29, 1.82) is 0 Å². The van der Waals surface area contributed by atoms with Gasteiger partial charge in [0.25, 0.3) is 0 Å². The van der Waals surface area contributed by atoms with Crippen LogP contribution in [0.25, 0.3) is 0 Å². The fraction of sp³-hybridized carbons (Fsp3) is 0.412. The highest BCUT2D eigenvalue weighted by Gasteiger charge is 2.05. The van der Waals surface area contributed by atoms with E-state index in [1.807, 2.05) is 29.1 Å². The maximum absolute atomic E-state index is 11.8. The normalized spacial score (nSPS) is 10.5. The van der Waals surface area contributed by atoms with E-state index in [2.05, 4.69) is 29.5 Å². The summed E-state index contributed by atoms with van der Waals surface area (Å²) in [6, 6.07) is 10.1. The summed E-state index contributed by atoms with van der Waals surface area (Å²) < 4.78 is 1.89. The lowest BCUT2D eigenvalue weighted by Gasteiger charge is -2.11. The minimum Gasteiger partial charge on any atom is -0.352 e. The van der Waals surface area contributed by atoms with E-state index in [1.165, 1.54) is 5.56 Å². The number of carbonyl (C=O) groups is 1. The van der Waals surface area contributed by atoms with Crippen LogP contribution in [0.2, 0.25) is 0 Å². The van der Waals surface area contributed by atoms with Gasteiger partial charge in [-0.05, 0) is 23.6 Å². The van der Waals surface area contributed by atoms with E-state index in [4.69, 9.17) is 0 Å². The molecule has 1 aromatic heterocycles. The van der Waals surface area contributed by atoms with Gasteiger partial charge in [0.15, 0.2) is 0 Å². The maximum Gasteiger partial charge on any atom is 0.220 e. The molecule has 21 heavy (non-hydrogen) atoms. The van der Waals surface area contributed by atoms with Gasteiger partial charge < -0.3 is 5.32 Å². The standard InChI is InChI=1S/C17H23N3O/c1-2-3-4-10-17(21)18-13-15-8-5-6-9-16(15)14-20-12-7-11-19-20/h5-9,11-12H,2-4,10,13-14H2,1H3,(H,18,21). The number of nitrogens with zero attached hydrogens (tertiary/aromatic N) is 2. The summed E-state index contributed by atoms with van der Waals surface area (Å²) >= 11 is 0. The molecule has 1 amide bonds. The minimum absolute atomic E-state index is 0.136. The minimum atomic E-state index is 0.136. The number of hydrogen-bond acceptors (Lipinski definition) is 2. The van der Waals surface area contributed by atoms with E-state index in [1.54, 1.807) is 6.20 Å². The smallest absolute Gasteiger partial charge is 0.220 e. The van der Waals surface area contributed by atoms with Crippen LogP contribution in [0.15, 0.2) is 42.7 Å². The first-order valence-electron chi connectivity index (χ1n) is 7.60. The lowest BCUT2D eigenvalue weighted by molar-refractivity contribution is -0.121. The highest BCUT2D eigenvalue weighted by molar-refractivity contribution is 5.75. The summed E-state index contributed by atoms with van der Waals surface area (Å²) in [5.74, 6) is 0.136. The van der Waals surface area contributed by atoms with Gasteiger partial charge in [-0.1, -0.05) is 44.0 Å². The summed E-state index contributed by atoms with van der Waals surface area (Å²) in [6.07, 6.45) is 7.56. The van der Waals surface area contributed by atoms with Gasteiger partial charge in [0.2, 0.25) is 5.91 Å². The first-order chi connectivity index (χ1) is 10.3. The van der Waals surface area contributed by atoms with Gasteiger partial charge in [-0.15, -0.1) is 0 Å². The molecule has 4 heteroatoms. The number of rotatable bonds is 8. The molecule has 1 heterocycles. The molecule has 0 bridgehead atoms. The highest BCUT2D eigenvalue weighted by atomic mass is 16.1. The van der Waals surface area contributed by atoms with E-state index in [0.717, 1.165) is 31.4 Å². The first-order valence-corrected chi connectivity index (χ1v) is 7.60. The van der Waals surface area contributed by atoms with Crippen LogP contribution < -0.4 is 5.32 Å². The van der Waals surface area contributed by atoms with Crippen molar-refractivity contribution in [2.75, 3.05) is 0 Å². The molecular formula is C17H23N3O. The summed E-state index contributed by atoms with van der Waals surface area (Å²) in [4.78, 5) is 11.8. The largest absolute Gasteiger partial charge is 0.352 e. The number of nitrogens with one attached hydrogen (secondary N) is 1. The number of hydrogen-bond donors (Lipinski definition) is 1. The zero-order chi connectivity index (χ0) is 14.9. The fourth-order valence-electron chi connectivity index (χ4n) is 2.27. The Morgan fingerprint density at radius 1 is 1.19 bits per heavy atom. The number of amides is 1. The molecule has 0 saturated carbocycles. The van der Waals surface area contributed by atoms with Crippen molar-refractivity contribution in [1.82, 2.24) is 15.1 Å². The summed E-state index contributed by atoms with van der Waals surface area (Å²) in [6.45, 7) is 3.46. The van der Waals surface area contributed by atoms with Crippen LogP contribution in [0.5, 0.6) is 0 Å². The van der Waals surface area contributed by atoms with Crippen molar-refractivity contribution in [3.05, 3.63) is 53.9 Å². The molecule has 2 rings (SSSR count). The molecule has 112 valence electrons. The molecule has 2 aromatic rings. The van der Waals surface area contributed by atoms with Gasteiger partial charge in [0, 0.05) is 25.4 Å². The fourth-order valence-corrected chi connectivity index (χ4v) is 2.27. The van der Waals surface area contributed by atoms with Crippen LogP contribution >= 0.6 is 0 Å². The summed E-state index contributed by atoms with van der Waals surface area (Å²) in [7, 11) is 0. The van der Waals surface area contributed by atoms with Gasteiger partial charge in [-0.3, -0.25) is 9.48 Å². The van der Waals surface area contributed by atoms with Crippen molar-refractivity contribution in [2.24, 2.45) is 0 Å². The van der Waals surface area contributed by atoms with Gasteiger partial charge in [0.05, 0.1) is 6.54 Å². The second-order valence-electron chi connectivity index (χ2n) is 5.21. The molecule has 0 atom stereocenters. The Labute approximate surface area is 126 Å². The Hall–Kier alpha value is -2.10. The third kappa shape index (κ3) is 5.06. The molecule has 0 aliphatic heterocycles. The zero-order valence-corrected chi connectivity index (χ0v) is 12.6. The van der Waals surface area contributed by atoms with Crippen molar-refractivity contribution >= 4 is 5.91 Å². The van der Waals surface area contributed by atoms with Gasteiger partial charge >= 0.3 is 0 Å². The zero-order valence-electron chi connectivity index (χ0n) is 12.6. The third-order valence-corrected chi connectivity index (χ3v) is 3.49. The first kappa shape index (κ1) is 15.3. The van der Waals surface area contributed by atoms with Crippen molar-refractivity contribution in [3.8, 4) is 0 Å². The molecule has 1 aromatic carbocycles. The van der Waals surface area contributed by atoms with Gasteiger partial charge in [-0.2, -0.15) is 5.10 Å². The monoisotopic (exact) mass is 285 g/mol. The molecular weight excluding hydrogens is 262 g/mol. The molecule has 0 saturated heterocycles. The van der Waals surface area contributed by atoms with Gasteiger partial charge in [0.1, 0.15) is 0 Å². The Kier molecular flexibility index (Phi) is 6.00. The Balaban J connectivity index is 1.89. The predicted octanol–water partition coefficient (Wildman–Crippen LogP) is 3.13. The Morgan fingerprint density at radius 2 is 2.00 bits per heavy atom. The SMILES string of the molecule is CCCCCC(=O)NCc1ccccc1Cn1cccn1. The van der Waals surface area contributed by atoms with Crippen LogP contribution in [0.4, 0.5) is 0 Å². The maximum atomic E-state index is 11.8. The Morgan fingerprint density at radius 3 is 2.71 bits per heavy atom. The predicted molar refractivity (Wildman–Crippen MR) is 83.8 cm³/mol. The molecule has 0 aliphatic carbocycles. The van der Waals surface area contributed by atoms with Crippen molar-refractivity contribution in [3.63, 3.8) is 0 Å². The number of carbonyl (C=O) groups excluding carboxylic acids is 1. The molecule has 0 unspecified atom stereocenters. The average Bonchev–Trinajstić information content (AvgIpc) is 3.00. The van der Waals surface area contributed by atoms with E-state index < -0.39 is 0 Å². The van der Waals surface area contributed by atoms with Crippen molar-refractivity contribution in [2.45, 2.75) is 45.7 Å². The second-order valence-corrected chi connectivity index (χ2v) is 5.21. The number of unbranched alkanes of at least 4 members (excludes halogenated alkanes) is 2. The van der Waals surface area contributed by atoms with Crippen LogP contribution in [-0.4, -0.2) is 15.7 Å². The molecule has 0 spiro atoms.